The Morgan fingerprint density at radius 2 is 1.97 bits per heavy atom. The molecule has 0 amide bonds. The normalized spacial score (nSPS) is 14.6. The molecule has 3 aromatic rings. The number of hydrogen-bond acceptors (Lipinski definition) is 11. The molecule has 1 aliphatic rings. The van der Waals surface area contributed by atoms with Crippen LogP contribution in [0.15, 0.2) is 33.7 Å². The molecule has 0 spiro atoms. The molecule has 2 aromatic heterocycles. The van der Waals surface area contributed by atoms with Crippen molar-refractivity contribution in [1.82, 2.24) is 20.5 Å². The maximum Gasteiger partial charge on any atom is 0.247 e. The van der Waals surface area contributed by atoms with Crippen LogP contribution in [0, 0.1) is 22.8 Å². The molecule has 11 nitrogen and oxygen atoms in total. The fraction of sp³-hybridized carbons (Fsp3) is 0.158. The van der Waals surface area contributed by atoms with Gasteiger partial charge in [0.15, 0.2) is 6.19 Å². The number of fused-ring (bicyclic) bond motifs is 1. The van der Waals surface area contributed by atoms with Crippen molar-refractivity contribution < 1.29 is 4.42 Å². The maximum atomic E-state index is 9.39. The first kappa shape index (κ1) is 18.7. The topological polar surface area (TPSA) is 188 Å². The number of pyridine rings is 1. The predicted octanol–water partition coefficient (Wildman–Crippen LogP) is 1.67. The van der Waals surface area contributed by atoms with Crippen molar-refractivity contribution in [2.45, 2.75) is 19.4 Å². The van der Waals surface area contributed by atoms with Gasteiger partial charge in [-0.2, -0.15) is 10.5 Å². The number of anilines is 3. The number of aryl methyl sites for hydroxylation is 1. The number of aliphatic imine (C=N–C) groups is 1. The van der Waals surface area contributed by atoms with Crippen LogP contribution >= 0.6 is 0 Å². The van der Waals surface area contributed by atoms with Crippen LogP contribution in [0.4, 0.5) is 17.3 Å². The largest absolute Gasteiger partial charge is 0.421 e. The van der Waals surface area contributed by atoms with E-state index >= 15 is 0 Å². The van der Waals surface area contributed by atoms with Crippen LogP contribution in [0.3, 0.4) is 0 Å². The molecule has 11 heteroatoms. The molecule has 0 saturated heterocycles. The van der Waals surface area contributed by atoms with Crippen molar-refractivity contribution in [3.8, 4) is 23.7 Å². The molecule has 0 bridgehead atoms. The summed E-state index contributed by atoms with van der Waals surface area (Å²) in [6.45, 7) is 1.93. The smallest absolute Gasteiger partial charge is 0.247 e. The van der Waals surface area contributed by atoms with E-state index in [0.717, 1.165) is 11.1 Å². The maximum absolute atomic E-state index is 9.39. The zero-order valence-electron chi connectivity index (χ0n) is 15.8. The molecular weight excluding hydrogens is 384 g/mol. The zero-order chi connectivity index (χ0) is 21.3. The van der Waals surface area contributed by atoms with E-state index in [4.69, 9.17) is 21.1 Å². The third kappa shape index (κ3) is 3.10. The van der Waals surface area contributed by atoms with Gasteiger partial charge in [-0.05, 0) is 17.7 Å². The molecule has 1 atom stereocenters. The molecular formula is C19H16N10O. The van der Waals surface area contributed by atoms with E-state index in [1.807, 2.05) is 43.5 Å². The van der Waals surface area contributed by atoms with E-state index in [1.54, 1.807) is 0 Å². The molecule has 3 heterocycles. The van der Waals surface area contributed by atoms with Gasteiger partial charge in [0.2, 0.25) is 17.7 Å². The van der Waals surface area contributed by atoms with E-state index in [-0.39, 0.29) is 23.0 Å². The molecule has 0 saturated carbocycles. The minimum atomic E-state index is -0.611. The summed E-state index contributed by atoms with van der Waals surface area (Å²) in [5, 5.41) is 31.7. The SMILES string of the molecule is CCc1nnc(-c2ccc(C3N=C(NC#N)Nc4nc(N)c(C#N)c(N)c43)cc2)o1. The highest BCUT2D eigenvalue weighted by atomic mass is 16.4. The first-order chi connectivity index (χ1) is 14.5. The monoisotopic (exact) mass is 400 g/mol. The number of guanidine groups is 1. The summed E-state index contributed by atoms with van der Waals surface area (Å²) < 4.78 is 5.59. The standard InChI is InChI=1S/C19H16N10O/c1-2-12-28-29-18(30-12)10-5-3-9(4-6-10)15-13-14(22)11(7-20)16(23)26-17(13)27-19(25-15)24-8-21/h3-6,15H,2H2,1H3,(H6,22,23,24,25,26,27). The Morgan fingerprint density at radius 3 is 2.60 bits per heavy atom. The highest BCUT2D eigenvalue weighted by Gasteiger charge is 2.29. The fourth-order valence-electron chi connectivity index (χ4n) is 3.14. The molecule has 0 fully saturated rings. The minimum absolute atomic E-state index is 0.00308. The van der Waals surface area contributed by atoms with E-state index in [1.165, 1.54) is 0 Å². The van der Waals surface area contributed by atoms with Gasteiger partial charge in [-0.25, -0.2) is 9.98 Å². The average molecular weight is 400 g/mol. The van der Waals surface area contributed by atoms with Gasteiger partial charge in [-0.1, -0.05) is 19.1 Å². The Kier molecular flexibility index (Phi) is 4.62. The number of nitriles is 2. The van der Waals surface area contributed by atoms with Gasteiger partial charge < -0.3 is 21.2 Å². The second-order valence-electron chi connectivity index (χ2n) is 6.38. The van der Waals surface area contributed by atoms with Crippen molar-refractivity contribution >= 4 is 23.3 Å². The summed E-state index contributed by atoms with van der Waals surface area (Å²) in [6.07, 6.45) is 2.47. The Hall–Kier alpha value is -4.64. The van der Waals surface area contributed by atoms with Gasteiger partial charge in [-0.15, -0.1) is 10.2 Å². The summed E-state index contributed by atoms with van der Waals surface area (Å²) >= 11 is 0. The summed E-state index contributed by atoms with van der Waals surface area (Å²) in [6, 6.07) is 8.68. The van der Waals surface area contributed by atoms with Crippen molar-refractivity contribution in [3.05, 3.63) is 46.8 Å². The molecule has 148 valence electrons. The second-order valence-corrected chi connectivity index (χ2v) is 6.38. The lowest BCUT2D eigenvalue weighted by Gasteiger charge is -2.26. The number of nitrogens with two attached hydrogens (primary N) is 2. The Morgan fingerprint density at radius 1 is 1.20 bits per heavy atom. The molecule has 1 aliphatic heterocycles. The fourth-order valence-corrected chi connectivity index (χ4v) is 3.14. The van der Waals surface area contributed by atoms with E-state index in [0.29, 0.717) is 29.6 Å². The molecule has 0 aliphatic carbocycles. The number of nitrogens with zero attached hydrogens (tertiary/aromatic N) is 6. The third-order valence-electron chi connectivity index (χ3n) is 4.60. The predicted molar refractivity (Wildman–Crippen MR) is 109 cm³/mol. The van der Waals surface area contributed by atoms with Crippen LogP contribution in [0.25, 0.3) is 11.5 Å². The summed E-state index contributed by atoms with van der Waals surface area (Å²) in [5.41, 5.74) is 14.4. The Bertz CT molecular complexity index is 1230. The lowest BCUT2D eigenvalue weighted by atomic mass is 9.94. The summed E-state index contributed by atoms with van der Waals surface area (Å²) in [4.78, 5) is 8.75. The lowest BCUT2D eigenvalue weighted by molar-refractivity contribution is 0.513. The quantitative estimate of drug-likeness (QED) is 0.372. The van der Waals surface area contributed by atoms with Gasteiger partial charge in [0.1, 0.15) is 29.3 Å². The number of aromatic nitrogens is 3. The second kappa shape index (κ2) is 7.41. The summed E-state index contributed by atoms with van der Waals surface area (Å²) in [7, 11) is 0. The van der Waals surface area contributed by atoms with Crippen LogP contribution in [0.1, 0.15) is 35.5 Å². The van der Waals surface area contributed by atoms with Gasteiger partial charge in [-0.3, -0.25) is 5.32 Å². The van der Waals surface area contributed by atoms with Crippen LogP contribution in [-0.2, 0) is 6.42 Å². The number of benzene rings is 1. The van der Waals surface area contributed by atoms with Crippen LogP contribution < -0.4 is 22.1 Å². The number of hydrogen-bond donors (Lipinski definition) is 4. The first-order valence-corrected chi connectivity index (χ1v) is 8.97. The lowest BCUT2D eigenvalue weighted by Crippen LogP contribution is -2.32. The van der Waals surface area contributed by atoms with Crippen molar-refractivity contribution in [3.63, 3.8) is 0 Å². The van der Waals surface area contributed by atoms with Gasteiger partial charge in [0, 0.05) is 17.5 Å². The molecule has 1 aromatic carbocycles. The van der Waals surface area contributed by atoms with Crippen molar-refractivity contribution in [1.29, 1.82) is 10.5 Å². The van der Waals surface area contributed by atoms with Gasteiger partial charge in [0.25, 0.3) is 0 Å². The molecule has 30 heavy (non-hydrogen) atoms. The molecule has 6 N–H and O–H groups in total. The van der Waals surface area contributed by atoms with Gasteiger partial charge in [0.05, 0.1) is 5.69 Å². The minimum Gasteiger partial charge on any atom is -0.421 e. The highest BCUT2D eigenvalue weighted by Crippen LogP contribution is 2.40. The van der Waals surface area contributed by atoms with Crippen molar-refractivity contribution in [2.24, 2.45) is 4.99 Å². The first-order valence-electron chi connectivity index (χ1n) is 8.97. The molecule has 0 radical (unpaired) electrons. The van der Waals surface area contributed by atoms with Gasteiger partial charge >= 0.3 is 0 Å². The number of nitrogen functional groups attached to an aromatic ring is 2. The molecule has 1 unspecified atom stereocenters. The Labute approximate surface area is 171 Å². The van der Waals surface area contributed by atoms with E-state index < -0.39 is 6.04 Å². The number of nitrogens with one attached hydrogen (secondary N) is 2. The van der Waals surface area contributed by atoms with E-state index in [9.17, 15) is 5.26 Å². The van der Waals surface area contributed by atoms with Crippen LogP contribution in [0.5, 0.6) is 0 Å². The third-order valence-corrected chi connectivity index (χ3v) is 4.60. The average Bonchev–Trinajstić information content (AvgIpc) is 3.23. The highest BCUT2D eigenvalue weighted by molar-refractivity contribution is 5.98. The van der Waals surface area contributed by atoms with Crippen molar-refractivity contribution in [2.75, 3.05) is 16.8 Å². The van der Waals surface area contributed by atoms with Crippen LogP contribution in [-0.4, -0.2) is 21.1 Å². The Balaban J connectivity index is 1.79. The number of rotatable bonds is 3. The van der Waals surface area contributed by atoms with E-state index in [2.05, 4.69) is 30.8 Å². The molecule has 4 rings (SSSR count). The summed E-state index contributed by atoms with van der Waals surface area (Å²) in [5.74, 6) is 1.49. The van der Waals surface area contributed by atoms with Crippen LogP contribution in [0.2, 0.25) is 0 Å². The zero-order valence-corrected chi connectivity index (χ0v) is 15.8.